The monoisotopic (exact) mass is 380 g/mol. The summed E-state index contributed by atoms with van der Waals surface area (Å²) in [5.74, 6) is -0.961. The van der Waals surface area contributed by atoms with Crippen molar-refractivity contribution in [1.82, 2.24) is 4.57 Å². The number of carboxylic acid groups (broad SMARTS) is 1. The standard InChI is InChI=1S/C19H13BrN2O2/c20-16-6-4-15(5-7-16)18-17(19(23)24)8-9-22(18)12-14-3-1-2-13(10-14)11-21/h1-10H,12H2,(H,23,24). The molecule has 5 heteroatoms. The summed E-state index contributed by atoms with van der Waals surface area (Å²) in [6.45, 7) is 0.494. The first-order valence-corrected chi connectivity index (χ1v) is 8.05. The molecule has 0 atom stereocenters. The van der Waals surface area contributed by atoms with Gasteiger partial charge in [-0.05, 0) is 41.5 Å². The molecule has 0 saturated carbocycles. The van der Waals surface area contributed by atoms with Gasteiger partial charge in [0.25, 0.3) is 0 Å². The lowest BCUT2D eigenvalue weighted by atomic mass is 10.1. The van der Waals surface area contributed by atoms with E-state index in [0.717, 1.165) is 15.6 Å². The largest absolute Gasteiger partial charge is 0.478 e. The third-order valence-electron chi connectivity index (χ3n) is 3.72. The number of carboxylic acids is 1. The van der Waals surface area contributed by atoms with Crippen molar-refractivity contribution in [2.75, 3.05) is 0 Å². The van der Waals surface area contributed by atoms with Crippen LogP contribution in [0.3, 0.4) is 0 Å². The molecule has 0 aliphatic rings. The SMILES string of the molecule is N#Cc1cccc(Cn2ccc(C(=O)O)c2-c2ccc(Br)cc2)c1. The Bertz CT molecular complexity index is 937. The Balaban J connectivity index is 2.06. The Morgan fingerprint density at radius 1 is 1.17 bits per heavy atom. The van der Waals surface area contributed by atoms with Crippen LogP contribution in [0.5, 0.6) is 0 Å². The summed E-state index contributed by atoms with van der Waals surface area (Å²) < 4.78 is 2.83. The van der Waals surface area contributed by atoms with E-state index >= 15 is 0 Å². The van der Waals surface area contributed by atoms with Crippen LogP contribution >= 0.6 is 15.9 Å². The maximum absolute atomic E-state index is 11.6. The highest BCUT2D eigenvalue weighted by Gasteiger charge is 2.17. The fourth-order valence-electron chi connectivity index (χ4n) is 2.64. The zero-order valence-electron chi connectivity index (χ0n) is 12.6. The first kappa shape index (κ1) is 16.0. The number of nitriles is 1. The van der Waals surface area contributed by atoms with Crippen LogP contribution in [0, 0.1) is 11.3 Å². The Morgan fingerprint density at radius 3 is 2.58 bits per heavy atom. The summed E-state index contributed by atoms with van der Waals surface area (Å²) in [5.41, 5.74) is 3.27. The van der Waals surface area contributed by atoms with E-state index in [-0.39, 0.29) is 5.56 Å². The highest BCUT2D eigenvalue weighted by molar-refractivity contribution is 9.10. The molecule has 0 aliphatic carbocycles. The molecule has 0 saturated heterocycles. The van der Waals surface area contributed by atoms with Gasteiger partial charge in [0.1, 0.15) is 0 Å². The van der Waals surface area contributed by atoms with Crippen molar-refractivity contribution in [3.8, 4) is 17.3 Å². The van der Waals surface area contributed by atoms with Crippen LogP contribution in [0.2, 0.25) is 0 Å². The van der Waals surface area contributed by atoms with Crippen molar-refractivity contribution in [2.24, 2.45) is 0 Å². The maximum Gasteiger partial charge on any atom is 0.337 e. The zero-order valence-corrected chi connectivity index (χ0v) is 14.2. The van der Waals surface area contributed by atoms with Crippen molar-refractivity contribution < 1.29 is 9.90 Å². The van der Waals surface area contributed by atoms with Crippen LogP contribution < -0.4 is 0 Å². The first-order chi connectivity index (χ1) is 11.6. The van der Waals surface area contributed by atoms with Gasteiger partial charge in [-0.15, -0.1) is 0 Å². The second-order valence-electron chi connectivity index (χ2n) is 5.33. The van der Waals surface area contributed by atoms with E-state index in [2.05, 4.69) is 22.0 Å². The predicted molar refractivity (Wildman–Crippen MR) is 94.8 cm³/mol. The number of aromatic nitrogens is 1. The second kappa shape index (κ2) is 6.73. The predicted octanol–water partition coefficient (Wildman–Crippen LogP) is 4.54. The highest BCUT2D eigenvalue weighted by atomic mass is 79.9. The molecule has 0 aliphatic heterocycles. The van der Waals surface area contributed by atoms with Crippen LogP contribution in [0.4, 0.5) is 0 Å². The zero-order chi connectivity index (χ0) is 17.1. The van der Waals surface area contributed by atoms with E-state index in [1.165, 1.54) is 0 Å². The van der Waals surface area contributed by atoms with Crippen molar-refractivity contribution in [3.63, 3.8) is 0 Å². The number of aromatic carboxylic acids is 1. The third kappa shape index (κ3) is 3.24. The van der Waals surface area contributed by atoms with Gasteiger partial charge in [-0.1, -0.05) is 40.2 Å². The summed E-state index contributed by atoms with van der Waals surface area (Å²) in [6.07, 6.45) is 1.76. The van der Waals surface area contributed by atoms with Gasteiger partial charge in [-0.25, -0.2) is 4.79 Å². The van der Waals surface area contributed by atoms with Crippen molar-refractivity contribution >= 4 is 21.9 Å². The quantitative estimate of drug-likeness (QED) is 0.722. The molecular weight excluding hydrogens is 368 g/mol. The van der Waals surface area contributed by atoms with Gasteiger partial charge >= 0.3 is 5.97 Å². The molecule has 118 valence electrons. The molecular formula is C19H13BrN2O2. The summed E-state index contributed by atoms with van der Waals surface area (Å²) in [7, 11) is 0. The number of benzene rings is 2. The molecule has 24 heavy (non-hydrogen) atoms. The van der Waals surface area contributed by atoms with Gasteiger partial charge in [0, 0.05) is 17.2 Å². The lowest BCUT2D eigenvalue weighted by molar-refractivity contribution is 0.0698. The van der Waals surface area contributed by atoms with Gasteiger partial charge in [-0.2, -0.15) is 5.26 Å². The Kier molecular flexibility index (Phi) is 4.50. The normalized spacial score (nSPS) is 10.3. The molecule has 3 aromatic rings. The maximum atomic E-state index is 11.6. The molecule has 0 bridgehead atoms. The number of carbonyl (C=O) groups is 1. The van der Waals surface area contributed by atoms with Gasteiger partial charge < -0.3 is 9.67 Å². The molecule has 2 aromatic carbocycles. The fraction of sp³-hybridized carbons (Fsp3) is 0.0526. The topological polar surface area (TPSA) is 66.0 Å². The van der Waals surface area contributed by atoms with Gasteiger partial charge in [0.05, 0.1) is 22.9 Å². The molecule has 0 radical (unpaired) electrons. The molecule has 1 N–H and O–H groups in total. The van der Waals surface area contributed by atoms with E-state index in [1.54, 1.807) is 18.3 Å². The summed E-state index contributed by atoms with van der Waals surface area (Å²) >= 11 is 3.39. The number of rotatable bonds is 4. The Labute approximate surface area is 147 Å². The molecule has 0 spiro atoms. The molecule has 1 aromatic heterocycles. The number of halogens is 1. The average molecular weight is 381 g/mol. The van der Waals surface area contributed by atoms with E-state index in [1.807, 2.05) is 47.0 Å². The summed E-state index contributed by atoms with van der Waals surface area (Å²) in [5, 5.41) is 18.5. The second-order valence-corrected chi connectivity index (χ2v) is 6.25. The van der Waals surface area contributed by atoms with Crippen LogP contribution in [0.15, 0.2) is 65.3 Å². The minimum Gasteiger partial charge on any atom is -0.478 e. The third-order valence-corrected chi connectivity index (χ3v) is 4.25. The van der Waals surface area contributed by atoms with E-state index < -0.39 is 5.97 Å². The molecule has 4 nitrogen and oxygen atoms in total. The summed E-state index contributed by atoms with van der Waals surface area (Å²) in [6, 6.07) is 18.6. The lowest BCUT2D eigenvalue weighted by Gasteiger charge is -2.11. The summed E-state index contributed by atoms with van der Waals surface area (Å²) in [4.78, 5) is 11.6. The first-order valence-electron chi connectivity index (χ1n) is 7.26. The van der Waals surface area contributed by atoms with Crippen LogP contribution in [-0.4, -0.2) is 15.6 Å². The molecule has 0 amide bonds. The van der Waals surface area contributed by atoms with Gasteiger partial charge in [0.2, 0.25) is 0 Å². The van der Waals surface area contributed by atoms with Gasteiger partial charge in [-0.3, -0.25) is 0 Å². The van der Waals surface area contributed by atoms with Gasteiger partial charge in [0.15, 0.2) is 0 Å². The van der Waals surface area contributed by atoms with Crippen LogP contribution in [0.25, 0.3) is 11.3 Å². The average Bonchev–Trinajstić information content (AvgIpc) is 2.99. The van der Waals surface area contributed by atoms with Crippen molar-refractivity contribution in [1.29, 1.82) is 5.26 Å². The number of hydrogen-bond donors (Lipinski definition) is 1. The lowest BCUT2D eigenvalue weighted by Crippen LogP contribution is -2.04. The molecule has 3 rings (SSSR count). The van der Waals surface area contributed by atoms with Crippen LogP contribution in [0.1, 0.15) is 21.5 Å². The van der Waals surface area contributed by atoms with Crippen molar-refractivity contribution in [2.45, 2.75) is 6.54 Å². The minimum atomic E-state index is -0.961. The molecule has 1 heterocycles. The Morgan fingerprint density at radius 2 is 1.92 bits per heavy atom. The highest BCUT2D eigenvalue weighted by Crippen LogP contribution is 2.27. The number of hydrogen-bond acceptors (Lipinski definition) is 2. The van der Waals surface area contributed by atoms with Crippen LogP contribution in [-0.2, 0) is 6.54 Å². The van der Waals surface area contributed by atoms with Crippen molar-refractivity contribution in [3.05, 3.63) is 82.0 Å². The van der Waals surface area contributed by atoms with E-state index in [4.69, 9.17) is 5.26 Å². The molecule has 0 unspecified atom stereocenters. The van der Waals surface area contributed by atoms with E-state index in [0.29, 0.717) is 17.8 Å². The van der Waals surface area contributed by atoms with E-state index in [9.17, 15) is 9.90 Å². The fourth-order valence-corrected chi connectivity index (χ4v) is 2.91. The smallest absolute Gasteiger partial charge is 0.337 e. The minimum absolute atomic E-state index is 0.258. The Hall–Kier alpha value is -2.84. The molecule has 0 fully saturated rings. The number of nitrogens with zero attached hydrogens (tertiary/aromatic N) is 2.